The molecule has 2 aromatic carbocycles. The summed E-state index contributed by atoms with van der Waals surface area (Å²) >= 11 is 6.71. The first-order valence-corrected chi connectivity index (χ1v) is 16.1. The largest absolute Gasteiger partial charge is 0.462 e. The van der Waals surface area contributed by atoms with E-state index < -0.39 is 6.67 Å². The normalized spacial score (nSPS) is 22.0. The number of alkyl halides is 1. The summed E-state index contributed by atoms with van der Waals surface area (Å²) in [6.45, 7) is 10.9. The number of amides is 1. The Morgan fingerprint density at radius 1 is 1.13 bits per heavy atom. The maximum Gasteiger partial charge on any atom is 0.318 e. The van der Waals surface area contributed by atoms with Crippen LogP contribution < -0.4 is 14.5 Å². The van der Waals surface area contributed by atoms with Crippen LogP contribution in [0.15, 0.2) is 48.6 Å². The molecule has 1 aromatic heterocycles. The summed E-state index contributed by atoms with van der Waals surface area (Å²) in [5.41, 5.74) is 2.99. The highest BCUT2D eigenvalue weighted by atomic mass is 35.5. The molecule has 0 N–H and O–H groups in total. The molecule has 6 rings (SSSR count). The number of hydrogen-bond donors (Lipinski definition) is 0. The van der Waals surface area contributed by atoms with Crippen LogP contribution in [-0.4, -0.2) is 111 Å². The van der Waals surface area contributed by atoms with Gasteiger partial charge in [-0.2, -0.15) is 9.97 Å². The van der Waals surface area contributed by atoms with Crippen LogP contribution in [0.3, 0.4) is 0 Å². The van der Waals surface area contributed by atoms with Crippen LogP contribution in [0.4, 0.5) is 15.9 Å². The zero-order chi connectivity index (χ0) is 32.2. The molecule has 0 spiro atoms. The second-order valence-electron chi connectivity index (χ2n) is 12.1. The minimum Gasteiger partial charge on any atom is -0.462 e. The number of nitrogens with zero attached hydrogens (tertiary/aromatic N) is 7. The highest BCUT2D eigenvalue weighted by Crippen LogP contribution is 2.37. The standard InChI is InChI=1S/C34H39ClFN7O3/c1-37-18-25-19-42(15-16-43(25)31(44)11-6-13-36)33-27-12-14-41(30-10-5-8-23-7-4-9-28(35)32(23)30)21-29(27)38-34(39-33)46-22-24-17-26(45-3)20-40(24)2/h4-11,24-26H,12-22H2,2-3H3/b11-6+/t24-,25-,26+/m0/s1. The number of benzene rings is 2. The number of hydrogen-bond acceptors (Lipinski definition) is 8. The lowest BCUT2D eigenvalue weighted by Crippen LogP contribution is -2.56. The summed E-state index contributed by atoms with van der Waals surface area (Å²) in [4.78, 5) is 34.7. The summed E-state index contributed by atoms with van der Waals surface area (Å²) in [6.07, 6.45) is 4.20. The van der Waals surface area contributed by atoms with Crippen molar-refractivity contribution in [3.8, 4) is 6.01 Å². The number of aromatic nitrogens is 2. The van der Waals surface area contributed by atoms with Crippen LogP contribution in [0.5, 0.6) is 6.01 Å². The second kappa shape index (κ2) is 14.2. The van der Waals surface area contributed by atoms with Crippen molar-refractivity contribution >= 4 is 39.8 Å². The van der Waals surface area contributed by atoms with E-state index in [-0.39, 0.29) is 30.6 Å². The molecule has 242 valence electrons. The van der Waals surface area contributed by atoms with Gasteiger partial charge in [0.15, 0.2) is 0 Å². The van der Waals surface area contributed by atoms with E-state index >= 15 is 0 Å². The number of fused-ring (bicyclic) bond motifs is 2. The average Bonchev–Trinajstić information content (AvgIpc) is 3.44. The second-order valence-corrected chi connectivity index (χ2v) is 12.5. The highest BCUT2D eigenvalue weighted by molar-refractivity contribution is 6.36. The van der Waals surface area contributed by atoms with Crippen LogP contribution in [0, 0.1) is 6.57 Å². The number of piperazine rings is 1. The third-order valence-electron chi connectivity index (χ3n) is 9.30. The molecule has 2 fully saturated rings. The van der Waals surface area contributed by atoms with Gasteiger partial charge in [-0.15, -0.1) is 0 Å². The van der Waals surface area contributed by atoms with E-state index in [1.54, 1.807) is 12.0 Å². The molecule has 0 aliphatic carbocycles. The molecule has 3 aliphatic heterocycles. The SMILES string of the molecule is [C-]#[N+]C[C@H]1CN(c2nc(OC[C@@H]3C[C@@H](OC)CN3C)nc3c2CCN(c2cccc4cccc(Cl)c24)C3)CCN1C(=O)/C=C/CF. The minimum absolute atomic E-state index is 0.145. The number of likely N-dealkylation sites (N-methyl/N-ethyl adjacent to an activating group) is 1. The van der Waals surface area contributed by atoms with Gasteiger partial charge in [-0.3, -0.25) is 9.69 Å². The predicted octanol–water partition coefficient (Wildman–Crippen LogP) is 4.41. The van der Waals surface area contributed by atoms with Gasteiger partial charge in [-0.05, 0) is 43.5 Å². The molecule has 0 bridgehead atoms. The fourth-order valence-corrected chi connectivity index (χ4v) is 7.14. The molecule has 3 aliphatic rings. The first-order valence-electron chi connectivity index (χ1n) is 15.7. The van der Waals surface area contributed by atoms with Crippen LogP contribution in [-0.2, 0) is 22.5 Å². The summed E-state index contributed by atoms with van der Waals surface area (Å²) in [5, 5.41) is 2.81. The summed E-state index contributed by atoms with van der Waals surface area (Å²) in [6, 6.07) is 12.3. The van der Waals surface area contributed by atoms with Crippen LogP contribution in [0.2, 0.25) is 5.02 Å². The van der Waals surface area contributed by atoms with Crippen molar-refractivity contribution in [2.24, 2.45) is 0 Å². The third-order valence-corrected chi connectivity index (χ3v) is 9.62. The fraction of sp³-hybridized carbons (Fsp3) is 0.471. The zero-order valence-electron chi connectivity index (χ0n) is 26.2. The molecule has 0 radical (unpaired) electrons. The molecule has 3 atom stereocenters. The van der Waals surface area contributed by atoms with Gasteiger partial charge in [-0.1, -0.05) is 35.9 Å². The number of halogens is 2. The van der Waals surface area contributed by atoms with Crippen molar-refractivity contribution in [2.75, 3.05) is 76.5 Å². The van der Waals surface area contributed by atoms with Gasteiger partial charge in [0.1, 0.15) is 25.1 Å². The number of carbonyl (C=O) groups is 1. The lowest BCUT2D eigenvalue weighted by molar-refractivity contribution is -0.128. The van der Waals surface area contributed by atoms with Gasteiger partial charge in [0.25, 0.3) is 0 Å². The summed E-state index contributed by atoms with van der Waals surface area (Å²) < 4.78 is 24.6. The Hall–Kier alpha value is -3.98. The quantitative estimate of drug-likeness (QED) is 0.250. The van der Waals surface area contributed by atoms with E-state index in [1.807, 2.05) is 12.1 Å². The van der Waals surface area contributed by atoms with Crippen molar-refractivity contribution in [3.05, 3.63) is 76.2 Å². The molecular weight excluding hydrogens is 609 g/mol. The Bertz CT molecular complexity index is 1640. The number of likely N-dealkylation sites (tertiary alicyclic amines) is 1. The highest BCUT2D eigenvalue weighted by Gasteiger charge is 2.35. The van der Waals surface area contributed by atoms with E-state index in [2.05, 4.69) is 50.9 Å². The minimum atomic E-state index is -0.709. The Kier molecular flexibility index (Phi) is 9.87. The monoisotopic (exact) mass is 647 g/mol. The van der Waals surface area contributed by atoms with Crippen LogP contribution in [0.25, 0.3) is 15.6 Å². The van der Waals surface area contributed by atoms with Crippen molar-refractivity contribution in [1.29, 1.82) is 0 Å². The zero-order valence-corrected chi connectivity index (χ0v) is 27.0. The van der Waals surface area contributed by atoms with Gasteiger partial charge in [0.2, 0.25) is 12.5 Å². The van der Waals surface area contributed by atoms with Crippen molar-refractivity contribution in [3.63, 3.8) is 0 Å². The van der Waals surface area contributed by atoms with E-state index in [0.717, 1.165) is 53.0 Å². The van der Waals surface area contributed by atoms with Crippen molar-refractivity contribution in [1.82, 2.24) is 19.8 Å². The molecule has 3 aromatic rings. The van der Waals surface area contributed by atoms with Crippen molar-refractivity contribution in [2.45, 2.75) is 37.6 Å². The van der Waals surface area contributed by atoms with Crippen molar-refractivity contribution < 1.29 is 18.7 Å². The van der Waals surface area contributed by atoms with E-state index in [0.29, 0.717) is 50.2 Å². The Balaban J connectivity index is 1.32. The smallest absolute Gasteiger partial charge is 0.318 e. The van der Waals surface area contributed by atoms with Gasteiger partial charge < -0.3 is 29.0 Å². The molecule has 10 nitrogen and oxygen atoms in total. The number of allylic oxidation sites excluding steroid dienone is 1. The first-order chi connectivity index (χ1) is 22.4. The fourth-order valence-electron chi connectivity index (χ4n) is 6.87. The molecule has 4 heterocycles. The van der Waals surface area contributed by atoms with Gasteiger partial charge >= 0.3 is 6.01 Å². The molecule has 1 amide bonds. The van der Waals surface area contributed by atoms with E-state index in [1.165, 1.54) is 12.2 Å². The Morgan fingerprint density at radius 3 is 2.72 bits per heavy atom. The van der Waals surface area contributed by atoms with Crippen LogP contribution >= 0.6 is 11.6 Å². The molecule has 0 saturated carbocycles. The summed E-state index contributed by atoms with van der Waals surface area (Å²) in [7, 11) is 3.81. The molecular formula is C34H39ClFN7O3. The number of methoxy groups -OCH3 is 1. The van der Waals surface area contributed by atoms with Crippen LogP contribution in [0.1, 0.15) is 17.7 Å². The van der Waals surface area contributed by atoms with Gasteiger partial charge in [0, 0.05) is 68.6 Å². The Labute approximate surface area is 274 Å². The molecule has 2 saturated heterocycles. The maximum absolute atomic E-state index is 12.8. The lowest BCUT2D eigenvalue weighted by atomic mass is 10.0. The van der Waals surface area contributed by atoms with Gasteiger partial charge in [0.05, 0.1) is 23.4 Å². The average molecular weight is 648 g/mol. The first kappa shape index (κ1) is 32.0. The lowest BCUT2D eigenvalue weighted by Gasteiger charge is -2.41. The maximum atomic E-state index is 12.8. The predicted molar refractivity (Wildman–Crippen MR) is 177 cm³/mol. The number of anilines is 2. The summed E-state index contributed by atoms with van der Waals surface area (Å²) in [5.74, 6) is 0.505. The number of rotatable bonds is 9. The number of ether oxygens (including phenoxy) is 2. The third kappa shape index (κ3) is 6.61. The number of carbonyl (C=O) groups excluding carboxylic acids is 1. The van der Waals surface area contributed by atoms with Gasteiger partial charge in [-0.25, -0.2) is 11.0 Å². The molecule has 12 heteroatoms. The molecule has 0 unspecified atom stereocenters. The van der Waals surface area contributed by atoms with E-state index in [9.17, 15) is 9.18 Å². The topological polar surface area (TPSA) is 78.6 Å². The Morgan fingerprint density at radius 2 is 1.96 bits per heavy atom. The van der Waals surface area contributed by atoms with E-state index in [4.69, 9.17) is 37.6 Å². The molecule has 46 heavy (non-hydrogen) atoms.